The van der Waals surface area contributed by atoms with Gasteiger partial charge in [0.1, 0.15) is 11.6 Å². The average Bonchev–Trinajstić information content (AvgIpc) is 3.22. The Kier molecular flexibility index (Phi) is 4.87. The van der Waals surface area contributed by atoms with Gasteiger partial charge < -0.3 is 20.5 Å². The molecule has 0 aliphatic carbocycles. The molecule has 7 nitrogen and oxygen atoms in total. The lowest BCUT2D eigenvalue weighted by Crippen LogP contribution is -2.48. The number of halogens is 4. The van der Waals surface area contributed by atoms with Crippen molar-refractivity contribution in [3.05, 3.63) is 30.2 Å². The number of nitrogens with zero attached hydrogens (tertiary/aromatic N) is 4. The Labute approximate surface area is 166 Å². The predicted octanol–water partition coefficient (Wildman–Crippen LogP) is 2.79. The molecule has 4 rings (SSSR count). The normalized spacial score (nSPS) is 17.1. The molecule has 1 aromatic carbocycles. The van der Waals surface area contributed by atoms with Crippen molar-refractivity contribution in [1.29, 1.82) is 0 Å². The molecule has 1 aliphatic heterocycles. The van der Waals surface area contributed by atoms with Crippen molar-refractivity contribution in [1.82, 2.24) is 14.6 Å². The molecule has 0 unspecified atom stereocenters. The smallest absolute Gasteiger partial charge is 0.405 e. The van der Waals surface area contributed by atoms with Gasteiger partial charge in [-0.25, -0.2) is 13.9 Å². The third-order valence-electron chi connectivity index (χ3n) is 4.86. The van der Waals surface area contributed by atoms with Crippen molar-refractivity contribution in [2.75, 3.05) is 24.5 Å². The van der Waals surface area contributed by atoms with E-state index in [1.165, 1.54) is 28.1 Å². The summed E-state index contributed by atoms with van der Waals surface area (Å²) >= 11 is 1.27. The summed E-state index contributed by atoms with van der Waals surface area (Å²) in [6.45, 7) is 1.26. The first-order valence-electron chi connectivity index (χ1n) is 8.75. The van der Waals surface area contributed by atoms with Crippen LogP contribution in [0.15, 0.2) is 24.4 Å². The molecular formula is C17H17F4N5O2S. The molecule has 156 valence electrons. The van der Waals surface area contributed by atoms with Crippen molar-refractivity contribution < 1.29 is 27.4 Å². The summed E-state index contributed by atoms with van der Waals surface area (Å²) in [5, 5.41) is 15.3. The Hall–Kier alpha value is -2.44. The van der Waals surface area contributed by atoms with Gasteiger partial charge in [0.2, 0.25) is 10.1 Å². The summed E-state index contributed by atoms with van der Waals surface area (Å²) in [5.74, 6) is -1.52. The van der Waals surface area contributed by atoms with Crippen LogP contribution in [0.4, 0.5) is 22.7 Å². The Morgan fingerprint density at radius 2 is 2.00 bits per heavy atom. The maximum atomic E-state index is 13.5. The molecule has 0 atom stereocenters. The highest BCUT2D eigenvalue weighted by atomic mass is 32.1. The van der Waals surface area contributed by atoms with Gasteiger partial charge in [0.25, 0.3) is 0 Å². The van der Waals surface area contributed by atoms with Crippen LogP contribution in [0.1, 0.15) is 12.8 Å². The van der Waals surface area contributed by atoms with Gasteiger partial charge in [-0.2, -0.15) is 0 Å². The molecule has 29 heavy (non-hydrogen) atoms. The van der Waals surface area contributed by atoms with E-state index in [-0.39, 0.29) is 17.8 Å². The number of anilines is 1. The number of ether oxygens (including phenoxy) is 1. The first-order valence-corrected chi connectivity index (χ1v) is 9.57. The van der Waals surface area contributed by atoms with Crippen LogP contribution in [0.5, 0.6) is 5.75 Å². The number of nitrogens with two attached hydrogens (primary N) is 1. The second-order valence-electron chi connectivity index (χ2n) is 6.83. The monoisotopic (exact) mass is 431 g/mol. The van der Waals surface area contributed by atoms with E-state index in [4.69, 9.17) is 5.73 Å². The third-order valence-corrected chi connectivity index (χ3v) is 5.85. The van der Waals surface area contributed by atoms with E-state index >= 15 is 0 Å². The third kappa shape index (κ3) is 4.00. The fraction of sp³-hybridized carbons (Fsp3) is 0.412. The number of piperidine rings is 1. The summed E-state index contributed by atoms with van der Waals surface area (Å²) in [7, 11) is 0. The van der Waals surface area contributed by atoms with Gasteiger partial charge in [-0.15, -0.1) is 18.3 Å². The Balaban J connectivity index is 1.67. The number of aromatic nitrogens is 3. The van der Waals surface area contributed by atoms with Crippen molar-refractivity contribution in [2.24, 2.45) is 5.73 Å². The van der Waals surface area contributed by atoms with Gasteiger partial charge >= 0.3 is 6.36 Å². The fourth-order valence-electron chi connectivity index (χ4n) is 3.23. The first-order chi connectivity index (χ1) is 13.7. The quantitative estimate of drug-likeness (QED) is 0.618. The number of aliphatic hydroxyl groups is 1. The number of rotatable bonds is 4. The molecule has 3 aromatic rings. The molecule has 0 radical (unpaired) electrons. The maximum Gasteiger partial charge on any atom is 0.573 e. The van der Waals surface area contributed by atoms with Crippen LogP contribution < -0.4 is 15.4 Å². The number of hydrogen-bond donors (Lipinski definition) is 2. The van der Waals surface area contributed by atoms with Gasteiger partial charge in [0.15, 0.2) is 0 Å². The molecule has 1 aliphatic rings. The fourth-order valence-corrected chi connectivity index (χ4v) is 4.16. The number of imidazole rings is 1. The molecule has 3 heterocycles. The number of benzene rings is 1. The largest absolute Gasteiger partial charge is 0.573 e. The zero-order valence-electron chi connectivity index (χ0n) is 15.0. The highest BCUT2D eigenvalue weighted by Gasteiger charge is 2.34. The summed E-state index contributed by atoms with van der Waals surface area (Å²) in [5.41, 5.74) is 4.98. The van der Waals surface area contributed by atoms with Crippen LogP contribution in [0, 0.1) is 5.82 Å². The highest BCUT2D eigenvalue weighted by Crippen LogP contribution is 2.37. The second-order valence-corrected chi connectivity index (χ2v) is 7.76. The van der Waals surface area contributed by atoms with Gasteiger partial charge in [-0.3, -0.25) is 0 Å². The lowest BCUT2D eigenvalue weighted by molar-refractivity contribution is -0.274. The Morgan fingerprint density at radius 1 is 1.28 bits per heavy atom. The van der Waals surface area contributed by atoms with Crippen LogP contribution in [0.3, 0.4) is 0 Å². The molecule has 0 amide bonds. The molecule has 12 heteroatoms. The lowest BCUT2D eigenvalue weighted by atomic mass is 9.92. The molecule has 3 N–H and O–H groups in total. The average molecular weight is 431 g/mol. The molecule has 0 saturated carbocycles. The summed E-state index contributed by atoms with van der Waals surface area (Å²) in [4.78, 5) is 6.64. The van der Waals surface area contributed by atoms with E-state index in [1.54, 1.807) is 0 Å². The Bertz CT molecular complexity index is 1030. The van der Waals surface area contributed by atoms with Gasteiger partial charge in [-0.05, 0) is 25.0 Å². The minimum absolute atomic E-state index is 0.0178. The van der Waals surface area contributed by atoms with E-state index in [9.17, 15) is 22.7 Å². The van der Waals surface area contributed by atoms with Crippen molar-refractivity contribution >= 4 is 21.4 Å². The minimum atomic E-state index is -4.97. The topological polar surface area (TPSA) is 88.9 Å². The van der Waals surface area contributed by atoms with Crippen molar-refractivity contribution in [3.63, 3.8) is 0 Å². The van der Waals surface area contributed by atoms with Crippen LogP contribution in [0.25, 0.3) is 16.2 Å². The summed E-state index contributed by atoms with van der Waals surface area (Å²) in [6, 6.07) is 2.92. The van der Waals surface area contributed by atoms with E-state index < -0.39 is 23.5 Å². The standard InChI is InChI=1S/C17H17F4N5O2S/c18-10-1-2-11(13(7-10)28-17(19,20)21)12-8-23-14-26(12)24-15(29-14)25-5-3-16(27,9-22)4-6-25/h1-2,7-8,27H,3-6,9,22H2. The van der Waals surface area contributed by atoms with Crippen molar-refractivity contribution in [2.45, 2.75) is 24.8 Å². The van der Waals surface area contributed by atoms with Crippen LogP contribution in [0.2, 0.25) is 0 Å². The number of hydrogen-bond acceptors (Lipinski definition) is 7. The lowest BCUT2D eigenvalue weighted by Gasteiger charge is -2.37. The van der Waals surface area contributed by atoms with E-state index in [0.29, 0.717) is 42.1 Å². The first kappa shape index (κ1) is 19.9. The summed E-state index contributed by atoms with van der Waals surface area (Å²) in [6.07, 6.45) is -2.63. The second kappa shape index (κ2) is 7.11. The summed E-state index contributed by atoms with van der Waals surface area (Å²) < 4.78 is 57.1. The van der Waals surface area contributed by atoms with E-state index in [2.05, 4.69) is 14.8 Å². The molecular weight excluding hydrogens is 414 g/mol. The van der Waals surface area contributed by atoms with Gasteiger partial charge in [0, 0.05) is 31.3 Å². The van der Waals surface area contributed by atoms with Gasteiger partial charge in [0.05, 0.1) is 17.5 Å². The zero-order chi connectivity index (χ0) is 20.8. The van der Waals surface area contributed by atoms with Crippen LogP contribution in [-0.2, 0) is 0 Å². The molecule has 0 bridgehead atoms. The number of fused-ring (bicyclic) bond motifs is 1. The SMILES string of the molecule is NCC1(O)CCN(c2nn3c(-c4ccc(F)cc4OC(F)(F)F)cnc3s2)CC1. The minimum Gasteiger partial charge on any atom is -0.405 e. The molecule has 0 spiro atoms. The van der Waals surface area contributed by atoms with Gasteiger partial charge in [-0.1, -0.05) is 11.3 Å². The Morgan fingerprint density at radius 3 is 2.66 bits per heavy atom. The van der Waals surface area contributed by atoms with E-state index in [1.807, 2.05) is 4.90 Å². The molecule has 2 aromatic heterocycles. The zero-order valence-corrected chi connectivity index (χ0v) is 15.8. The van der Waals surface area contributed by atoms with E-state index in [0.717, 1.165) is 6.07 Å². The highest BCUT2D eigenvalue weighted by molar-refractivity contribution is 7.20. The maximum absolute atomic E-state index is 13.5. The van der Waals surface area contributed by atoms with Crippen LogP contribution in [-0.4, -0.2) is 51.3 Å². The molecule has 1 fully saturated rings. The van der Waals surface area contributed by atoms with Crippen molar-refractivity contribution in [3.8, 4) is 17.0 Å². The predicted molar refractivity (Wildman–Crippen MR) is 98.4 cm³/mol. The molecule has 1 saturated heterocycles. The van der Waals surface area contributed by atoms with Crippen LogP contribution >= 0.6 is 11.3 Å². The number of alkyl halides is 3.